The molecule has 1 aliphatic rings. The molecule has 8 heteroatoms. The van der Waals surface area contributed by atoms with Crippen LogP contribution in [-0.2, 0) is 9.59 Å². The SMILES string of the molecule is COc1cccc(NC(=O)CCN2C(=O)C(=Cc3ccco3)SC2=S)c1. The lowest BCUT2D eigenvalue weighted by molar-refractivity contribution is -0.122. The van der Waals surface area contributed by atoms with Gasteiger partial charge in [0.05, 0.1) is 18.3 Å². The smallest absolute Gasteiger partial charge is 0.266 e. The Morgan fingerprint density at radius 2 is 2.23 bits per heavy atom. The molecule has 1 aromatic carbocycles. The molecule has 26 heavy (non-hydrogen) atoms. The molecule has 0 atom stereocenters. The average molecular weight is 388 g/mol. The summed E-state index contributed by atoms with van der Waals surface area (Å²) in [5.41, 5.74) is 0.637. The summed E-state index contributed by atoms with van der Waals surface area (Å²) in [5, 5.41) is 2.78. The highest BCUT2D eigenvalue weighted by Crippen LogP contribution is 2.32. The number of carbonyl (C=O) groups excluding carboxylic acids is 2. The van der Waals surface area contributed by atoms with Crippen molar-refractivity contribution < 1.29 is 18.7 Å². The fraction of sp³-hybridized carbons (Fsp3) is 0.167. The molecule has 1 fully saturated rings. The third-order valence-corrected chi connectivity index (χ3v) is 4.98. The second-order valence-electron chi connectivity index (χ2n) is 5.38. The van der Waals surface area contributed by atoms with E-state index in [0.29, 0.717) is 26.4 Å². The minimum atomic E-state index is -0.217. The van der Waals surface area contributed by atoms with Crippen LogP contribution < -0.4 is 10.1 Å². The van der Waals surface area contributed by atoms with Crippen molar-refractivity contribution in [2.45, 2.75) is 6.42 Å². The van der Waals surface area contributed by atoms with E-state index in [1.807, 2.05) is 0 Å². The van der Waals surface area contributed by atoms with E-state index >= 15 is 0 Å². The zero-order chi connectivity index (χ0) is 18.5. The van der Waals surface area contributed by atoms with Gasteiger partial charge in [0.25, 0.3) is 5.91 Å². The van der Waals surface area contributed by atoms with Crippen LogP contribution in [0, 0.1) is 0 Å². The topological polar surface area (TPSA) is 71.8 Å². The van der Waals surface area contributed by atoms with Gasteiger partial charge in [-0.25, -0.2) is 0 Å². The summed E-state index contributed by atoms with van der Waals surface area (Å²) < 4.78 is 10.8. The molecule has 1 saturated heterocycles. The molecule has 0 aliphatic carbocycles. The lowest BCUT2D eigenvalue weighted by Gasteiger charge is -2.14. The number of hydrogen-bond donors (Lipinski definition) is 1. The lowest BCUT2D eigenvalue weighted by atomic mass is 10.3. The largest absolute Gasteiger partial charge is 0.497 e. The first-order chi connectivity index (χ1) is 12.6. The molecule has 0 spiro atoms. The van der Waals surface area contributed by atoms with Crippen LogP contribution in [0.5, 0.6) is 5.75 Å². The molecule has 0 saturated carbocycles. The van der Waals surface area contributed by atoms with E-state index in [0.717, 1.165) is 0 Å². The number of carbonyl (C=O) groups is 2. The van der Waals surface area contributed by atoms with Crippen molar-refractivity contribution in [1.82, 2.24) is 4.90 Å². The van der Waals surface area contributed by atoms with Crippen molar-refractivity contribution in [2.24, 2.45) is 0 Å². The Balaban J connectivity index is 1.57. The van der Waals surface area contributed by atoms with Crippen LogP contribution in [0.25, 0.3) is 6.08 Å². The first kappa shape index (κ1) is 18.2. The predicted octanol–water partition coefficient (Wildman–Crippen LogP) is 3.52. The summed E-state index contributed by atoms with van der Waals surface area (Å²) >= 11 is 6.45. The monoisotopic (exact) mass is 388 g/mol. The van der Waals surface area contributed by atoms with Crippen molar-refractivity contribution >= 4 is 51.9 Å². The summed E-state index contributed by atoms with van der Waals surface area (Å²) in [6.45, 7) is 0.218. The van der Waals surface area contributed by atoms with Crippen LogP contribution in [0.2, 0.25) is 0 Å². The number of benzene rings is 1. The number of ether oxygens (including phenoxy) is 1. The van der Waals surface area contributed by atoms with Crippen molar-refractivity contribution in [1.29, 1.82) is 0 Å². The van der Waals surface area contributed by atoms with Gasteiger partial charge in [-0.05, 0) is 24.3 Å². The van der Waals surface area contributed by atoms with E-state index < -0.39 is 0 Å². The van der Waals surface area contributed by atoms with Crippen LogP contribution >= 0.6 is 24.0 Å². The third kappa shape index (κ3) is 4.33. The number of nitrogens with one attached hydrogen (secondary N) is 1. The maximum absolute atomic E-state index is 12.5. The molecule has 1 N–H and O–H groups in total. The number of methoxy groups -OCH3 is 1. The second-order valence-corrected chi connectivity index (χ2v) is 7.05. The van der Waals surface area contributed by atoms with E-state index in [9.17, 15) is 9.59 Å². The molecule has 3 rings (SSSR count). The summed E-state index contributed by atoms with van der Waals surface area (Å²) in [5.74, 6) is 0.817. The minimum Gasteiger partial charge on any atom is -0.497 e. The van der Waals surface area contributed by atoms with Crippen molar-refractivity contribution in [3.63, 3.8) is 0 Å². The number of rotatable bonds is 6. The normalized spacial score (nSPS) is 15.6. The summed E-state index contributed by atoms with van der Waals surface area (Å²) in [4.78, 5) is 26.5. The van der Waals surface area contributed by atoms with E-state index in [4.69, 9.17) is 21.4 Å². The highest BCUT2D eigenvalue weighted by Gasteiger charge is 2.32. The molecule has 0 radical (unpaired) electrons. The van der Waals surface area contributed by atoms with Gasteiger partial charge in [-0.15, -0.1) is 0 Å². The molecule has 6 nitrogen and oxygen atoms in total. The zero-order valence-electron chi connectivity index (χ0n) is 13.9. The van der Waals surface area contributed by atoms with Crippen LogP contribution in [0.1, 0.15) is 12.2 Å². The zero-order valence-corrected chi connectivity index (χ0v) is 15.6. The minimum absolute atomic E-state index is 0.137. The predicted molar refractivity (Wildman–Crippen MR) is 105 cm³/mol. The Morgan fingerprint density at radius 3 is 2.96 bits per heavy atom. The molecule has 1 aliphatic heterocycles. The number of anilines is 1. The Morgan fingerprint density at radius 1 is 1.38 bits per heavy atom. The van der Waals surface area contributed by atoms with Gasteiger partial charge in [0.1, 0.15) is 15.8 Å². The summed E-state index contributed by atoms with van der Waals surface area (Å²) in [6.07, 6.45) is 3.32. The maximum atomic E-state index is 12.5. The molecule has 2 amide bonds. The van der Waals surface area contributed by atoms with Gasteiger partial charge in [0, 0.05) is 30.8 Å². The Hall–Kier alpha value is -2.58. The molecule has 0 bridgehead atoms. The number of nitrogens with zero attached hydrogens (tertiary/aromatic N) is 1. The quantitative estimate of drug-likeness (QED) is 0.603. The summed E-state index contributed by atoms with van der Waals surface area (Å²) in [7, 11) is 1.56. The lowest BCUT2D eigenvalue weighted by Crippen LogP contribution is -2.31. The number of hydrogen-bond acceptors (Lipinski definition) is 6. The van der Waals surface area contributed by atoms with Gasteiger partial charge in [-0.3, -0.25) is 14.5 Å². The third-order valence-electron chi connectivity index (χ3n) is 3.61. The van der Waals surface area contributed by atoms with E-state index in [2.05, 4.69) is 5.32 Å². The standard InChI is InChI=1S/C18H16N2O4S2/c1-23-13-5-2-4-12(10-13)19-16(21)7-8-20-17(22)15(26-18(20)25)11-14-6-3-9-24-14/h2-6,9-11H,7-8H2,1H3,(H,19,21). The summed E-state index contributed by atoms with van der Waals surface area (Å²) in [6, 6.07) is 10.6. The van der Waals surface area contributed by atoms with E-state index in [1.165, 1.54) is 22.9 Å². The highest BCUT2D eigenvalue weighted by atomic mass is 32.2. The van der Waals surface area contributed by atoms with Crippen LogP contribution in [0.4, 0.5) is 5.69 Å². The number of thiocarbonyl (C=S) groups is 1. The van der Waals surface area contributed by atoms with Crippen LogP contribution in [0.15, 0.2) is 52.0 Å². The van der Waals surface area contributed by atoms with Crippen molar-refractivity contribution in [2.75, 3.05) is 19.0 Å². The van der Waals surface area contributed by atoms with Gasteiger partial charge >= 0.3 is 0 Å². The number of furan rings is 1. The number of amides is 2. The van der Waals surface area contributed by atoms with Crippen molar-refractivity contribution in [3.05, 3.63) is 53.3 Å². The van der Waals surface area contributed by atoms with E-state index in [1.54, 1.807) is 49.6 Å². The molecule has 2 aromatic rings. The fourth-order valence-electron chi connectivity index (χ4n) is 2.33. The maximum Gasteiger partial charge on any atom is 0.266 e. The van der Waals surface area contributed by atoms with Gasteiger partial charge in [-0.2, -0.15) is 0 Å². The molecule has 1 aromatic heterocycles. The van der Waals surface area contributed by atoms with Crippen molar-refractivity contribution in [3.8, 4) is 5.75 Å². The van der Waals surface area contributed by atoms with Gasteiger partial charge in [0.2, 0.25) is 5.91 Å². The van der Waals surface area contributed by atoms with E-state index in [-0.39, 0.29) is 24.8 Å². The fourth-order valence-corrected chi connectivity index (χ4v) is 3.62. The molecular weight excluding hydrogens is 372 g/mol. The van der Waals surface area contributed by atoms with Crippen LogP contribution in [-0.4, -0.2) is 34.7 Å². The second kappa shape index (κ2) is 8.20. The molecule has 2 heterocycles. The van der Waals surface area contributed by atoms with Gasteiger partial charge < -0.3 is 14.5 Å². The molecule has 0 unspecified atom stereocenters. The number of thioether (sulfide) groups is 1. The highest BCUT2D eigenvalue weighted by molar-refractivity contribution is 8.26. The Kier molecular flexibility index (Phi) is 5.75. The van der Waals surface area contributed by atoms with Gasteiger partial charge in [-0.1, -0.05) is 30.0 Å². The first-order valence-corrected chi connectivity index (χ1v) is 9.02. The van der Waals surface area contributed by atoms with Gasteiger partial charge in [0.15, 0.2) is 0 Å². The Labute approximate surface area is 160 Å². The molecular formula is C18H16N2O4S2. The van der Waals surface area contributed by atoms with Crippen LogP contribution in [0.3, 0.4) is 0 Å². The molecule has 134 valence electrons. The average Bonchev–Trinajstić information content (AvgIpc) is 3.22. The Bertz CT molecular complexity index is 862. The first-order valence-electron chi connectivity index (χ1n) is 7.79.